The monoisotopic (exact) mass is 277 g/mol. The second-order valence-corrected chi connectivity index (χ2v) is 4.90. The minimum Gasteiger partial charge on any atom is -0.361 e. The first kappa shape index (κ1) is 11.9. The number of para-hydroxylation sites is 1. The Balaban J connectivity index is 1.79. The number of rotatable bonds is 2. The van der Waals surface area contributed by atoms with Crippen LogP contribution in [0, 0.1) is 5.82 Å². The van der Waals surface area contributed by atoms with Gasteiger partial charge >= 0.3 is 0 Å². The fraction of sp³-hybridized carbons (Fsp3) is 0. The zero-order chi connectivity index (χ0) is 14.2. The Hall–Kier alpha value is -2.88. The van der Waals surface area contributed by atoms with Crippen LogP contribution in [-0.4, -0.2) is 14.8 Å². The molecule has 2 heterocycles. The summed E-state index contributed by atoms with van der Waals surface area (Å²) in [6.45, 7) is 0. The SMILES string of the molecule is Fc1ccc(-n2cc(-c3c[nH]c4ccccc34)cn2)cc1. The quantitative estimate of drug-likeness (QED) is 0.586. The lowest BCUT2D eigenvalue weighted by molar-refractivity contribution is 0.627. The van der Waals surface area contributed by atoms with Crippen molar-refractivity contribution in [2.75, 3.05) is 0 Å². The molecule has 0 bridgehead atoms. The van der Waals surface area contributed by atoms with Gasteiger partial charge in [-0.1, -0.05) is 18.2 Å². The molecule has 21 heavy (non-hydrogen) atoms. The second-order valence-electron chi connectivity index (χ2n) is 4.90. The molecule has 0 amide bonds. The zero-order valence-corrected chi connectivity index (χ0v) is 11.1. The van der Waals surface area contributed by atoms with Crippen LogP contribution in [0.1, 0.15) is 0 Å². The molecule has 4 rings (SSSR count). The smallest absolute Gasteiger partial charge is 0.123 e. The van der Waals surface area contributed by atoms with Crippen LogP contribution in [-0.2, 0) is 0 Å². The Labute approximate surface area is 120 Å². The molecular formula is C17H12FN3. The van der Waals surface area contributed by atoms with Gasteiger partial charge in [0, 0.05) is 34.4 Å². The van der Waals surface area contributed by atoms with E-state index < -0.39 is 0 Å². The van der Waals surface area contributed by atoms with Crippen molar-refractivity contribution in [2.24, 2.45) is 0 Å². The summed E-state index contributed by atoms with van der Waals surface area (Å²) in [6, 6.07) is 14.4. The van der Waals surface area contributed by atoms with E-state index in [0.29, 0.717) is 0 Å². The highest BCUT2D eigenvalue weighted by Gasteiger charge is 2.08. The van der Waals surface area contributed by atoms with E-state index >= 15 is 0 Å². The van der Waals surface area contributed by atoms with Crippen molar-refractivity contribution in [3.8, 4) is 16.8 Å². The van der Waals surface area contributed by atoms with Gasteiger partial charge in [-0.25, -0.2) is 9.07 Å². The van der Waals surface area contributed by atoms with Gasteiger partial charge in [-0.2, -0.15) is 5.10 Å². The van der Waals surface area contributed by atoms with Gasteiger partial charge in [-0.3, -0.25) is 0 Å². The summed E-state index contributed by atoms with van der Waals surface area (Å²) >= 11 is 0. The summed E-state index contributed by atoms with van der Waals surface area (Å²) in [5.74, 6) is -0.247. The molecule has 2 aromatic carbocycles. The molecule has 0 aliphatic heterocycles. The Bertz CT molecular complexity index is 903. The molecule has 0 saturated heterocycles. The minimum absolute atomic E-state index is 0.247. The molecule has 4 heteroatoms. The summed E-state index contributed by atoms with van der Waals surface area (Å²) < 4.78 is 14.7. The predicted octanol–water partition coefficient (Wildman–Crippen LogP) is 4.16. The summed E-state index contributed by atoms with van der Waals surface area (Å²) in [7, 11) is 0. The van der Waals surface area contributed by atoms with Gasteiger partial charge in [-0.15, -0.1) is 0 Å². The maximum absolute atomic E-state index is 13.0. The first-order valence-electron chi connectivity index (χ1n) is 6.68. The number of hydrogen-bond acceptors (Lipinski definition) is 1. The maximum atomic E-state index is 13.0. The Morgan fingerprint density at radius 2 is 1.81 bits per heavy atom. The first-order valence-corrected chi connectivity index (χ1v) is 6.68. The van der Waals surface area contributed by atoms with E-state index in [1.807, 2.05) is 36.8 Å². The summed E-state index contributed by atoms with van der Waals surface area (Å²) in [5, 5.41) is 5.52. The number of H-pyrrole nitrogens is 1. The highest BCUT2D eigenvalue weighted by Crippen LogP contribution is 2.28. The van der Waals surface area contributed by atoms with Crippen LogP contribution in [0.5, 0.6) is 0 Å². The summed E-state index contributed by atoms with van der Waals surface area (Å²) in [5.41, 5.74) is 4.07. The number of nitrogens with zero attached hydrogens (tertiary/aromatic N) is 2. The number of aromatic nitrogens is 3. The number of halogens is 1. The lowest BCUT2D eigenvalue weighted by Crippen LogP contribution is -1.93. The number of benzene rings is 2. The lowest BCUT2D eigenvalue weighted by atomic mass is 10.1. The van der Waals surface area contributed by atoms with E-state index in [1.165, 1.54) is 12.1 Å². The standard InChI is InChI=1S/C17H12FN3/c18-13-5-7-14(8-6-13)21-11-12(9-20-21)16-10-19-17-4-2-1-3-15(16)17/h1-11,19H. The van der Waals surface area contributed by atoms with Gasteiger partial charge in [0.05, 0.1) is 11.9 Å². The second kappa shape index (κ2) is 4.59. The molecule has 0 saturated carbocycles. The van der Waals surface area contributed by atoms with Gasteiger partial charge in [0.1, 0.15) is 5.82 Å². The summed E-state index contributed by atoms with van der Waals surface area (Å²) in [6.07, 6.45) is 5.75. The normalized spacial score (nSPS) is 11.1. The van der Waals surface area contributed by atoms with Gasteiger partial charge in [0.2, 0.25) is 0 Å². The van der Waals surface area contributed by atoms with Crippen LogP contribution in [0.3, 0.4) is 0 Å². The van der Waals surface area contributed by atoms with Crippen LogP contribution in [0.15, 0.2) is 67.1 Å². The topological polar surface area (TPSA) is 33.6 Å². The average molecular weight is 277 g/mol. The molecule has 0 aliphatic carbocycles. The Morgan fingerprint density at radius 1 is 1.00 bits per heavy atom. The van der Waals surface area contributed by atoms with Crippen molar-refractivity contribution in [3.63, 3.8) is 0 Å². The Morgan fingerprint density at radius 3 is 2.67 bits per heavy atom. The third-order valence-corrected chi connectivity index (χ3v) is 3.57. The predicted molar refractivity (Wildman–Crippen MR) is 80.8 cm³/mol. The van der Waals surface area contributed by atoms with Gasteiger partial charge in [0.25, 0.3) is 0 Å². The van der Waals surface area contributed by atoms with Crippen LogP contribution < -0.4 is 0 Å². The third kappa shape index (κ3) is 2.01. The molecule has 0 unspecified atom stereocenters. The number of hydrogen-bond donors (Lipinski definition) is 1. The van der Waals surface area contributed by atoms with E-state index in [1.54, 1.807) is 16.8 Å². The van der Waals surface area contributed by atoms with E-state index in [0.717, 1.165) is 27.7 Å². The molecule has 1 N–H and O–H groups in total. The van der Waals surface area contributed by atoms with Crippen molar-refractivity contribution in [2.45, 2.75) is 0 Å². The van der Waals surface area contributed by atoms with Crippen molar-refractivity contribution in [3.05, 3.63) is 72.9 Å². The van der Waals surface area contributed by atoms with E-state index in [9.17, 15) is 4.39 Å². The molecule has 0 radical (unpaired) electrons. The van der Waals surface area contributed by atoms with Crippen molar-refractivity contribution >= 4 is 10.9 Å². The van der Waals surface area contributed by atoms with Crippen molar-refractivity contribution in [1.29, 1.82) is 0 Å². The van der Waals surface area contributed by atoms with Crippen LogP contribution in [0.2, 0.25) is 0 Å². The summed E-state index contributed by atoms with van der Waals surface area (Å²) in [4.78, 5) is 3.26. The molecular weight excluding hydrogens is 265 g/mol. The first-order chi connectivity index (χ1) is 10.3. The highest BCUT2D eigenvalue weighted by molar-refractivity contribution is 5.95. The van der Waals surface area contributed by atoms with Crippen molar-refractivity contribution < 1.29 is 4.39 Å². The maximum Gasteiger partial charge on any atom is 0.123 e. The fourth-order valence-electron chi connectivity index (χ4n) is 2.51. The van der Waals surface area contributed by atoms with Gasteiger partial charge in [-0.05, 0) is 30.3 Å². The van der Waals surface area contributed by atoms with E-state index in [4.69, 9.17) is 0 Å². The molecule has 3 nitrogen and oxygen atoms in total. The zero-order valence-electron chi connectivity index (χ0n) is 11.1. The van der Waals surface area contributed by atoms with Crippen LogP contribution in [0.25, 0.3) is 27.7 Å². The fourth-order valence-corrected chi connectivity index (χ4v) is 2.51. The highest BCUT2D eigenvalue weighted by atomic mass is 19.1. The van der Waals surface area contributed by atoms with E-state index in [2.05, 4.69) is 16.1 Å². The van der Waals surface area contributed by atoms with Gasteiger partial charge < -0.3 is 4.98 Å². The molecule has 0 atom stereocenters. The third-order valence-electron chi connectivity index (χ3n) is 3.57. The molecule has 0 spiro atoms. The lowest BCUT2D eigenvalue weighted by Gasteiger charge is -2.00. The van der Waals surface area contributed by atoms with Crippen LogP contribution >= 0.6 is 0 Å². The molecule has 0 aliphatic rings. The van der Waals surface area contributed by atoms with Crippen LogP contribution in [0.4, 0.5) is 4.39 Å². The van der Waals surface area contributed by atoms with Gasteiger partial charge in [0.15, 0.2) is 0 Å². The Kier molecular flexibility index (Phi) is 2.60. The average Bonchev–Trinajstić information content (AvgIpc) is 3.14. The van der Waals surface area contributed by atoms with Crippen molar-refractivity contribution in [1.82, 2.24) is 14.8 Å². The molecule has 4 aromatic rings. The minimum atomic E-state index is -0.247. The number of aromatic amines is 1. The number of nitrogens with one attached hydrogen (secondary N) is 1. The largest absolute Gasteiger partial charge is 0.361 e. The molecule has 2 aromatic heterocycles. The van der Waals surface area contributed by atoms with E-state index in [-0.39, 0.29) is 5.82 Å². The molecule has 102 valence electrons. The number of fused-ring (bicyclic) bond motifs is 1. The molecule has 0 fully saturated rings.